The van der Waals surface area contributed by atoms with E-state index in [1.807, 2.05) is 0 Å². The van der Waals surface area contributed by atoms with Gasteiger partial charge in [0.2, 0.25) is 0 Å². The average molecular weight is 368 g/mol. The lowest BCUT2D eigenvalue weighted by molar-refractivity contribution is 0.936. The van der Waals surface area contributed by atoms with E-state index in [1.54, 1.807) is 0 Å². The fraction of sp³-hybridized carbons (Fsp3) is 0.250. The van der Waals surface area contributed by atoms with Crippen LogP contribution in [0.2, 0.25) is 0 Å². The highest BCUT2D eigenvalue weighted by molar-refractivity contribution is 9.10. The Morgan fingerprint density at radius 3 is 1.50 bits per heavy atom. The first-order valence-electron chi connectivity index (χ1n) is 6.07. The van der Waals surface area contributed by atoms with E-state index in [-0.39, 0.29) is 0 Å². The van der Waals surface area contributed by atoms with Crippen molar-refractivity contribution >= 4 is 31.9 Å². The third-order valence-corrected chi connectivity index (χ3v) is 5.14. The zero-order valence-electron chi connectivity index (χ0n) is 10.6. The first-order valence-corrected chi connectivity index (χ1v) is 7.66. The average Bonchev–Trinajstić information content (AvgIpc) is 2.36. The third-order valence-electron chi connectivity index (χ3n) is 3.42. The summed E-state index contributed by atoms with van der Waals surface area (Å²) in [6, 6.07) is 12.9. The number of benzene rings is 2. The second-order valence-electron chi connectivity index (χ2n) is 4.55. The van der Waals surface area contributed by atoms with Crippen LogP contribution < -0.4 is 0 Å². The predicted molar refractivity (Wildman–Crippen MR) is 85.2 cm³/mol. The summed E-state index contributed by atoms with van der Waals surface area (Å²) < 4.78 is 2.40. The molecule has 0 amide bonds. The van der Waals surface area contributed by atoms with Crippen LogP contribution >= 0.6 is 31.9 Å². The summed E-state index contributed by atoms with van der Waals surface area (Å²) in [7, 11) is 0. The maximum absolute atomic E-state index is 3.59. The van der Waals surface area contributed by atoms with Crippen molar-refractivity contribution in [1.29, 1.82) is 0 Å². The SMILES string of the molecule is Cc1c(Br)cccc1CCc1cccc(Br)c1C. The van der Waals surface area contributed by atoms with Crippen molar-refractivity contribution in [2.24, 2.45) is 0 Å². The molecule has 2 heteroatoms. The normalized spacial score (nSPS) is 10.7. The zero-order valence-corrected chi connectivity index (χ0v) is 13.8. The standard InChI is InChI=1S/C16H16Br2/c1-11-13(5-3-7-15(11)17)9-10-14-6-4-8-16(18)12(14)2/h3-8H,9-10H2,1-2H3. The first kappa shape index (κ1) is 13.8. The van der Waals surface area contributed by atoms with E-state index >= 15 is 0 Å². The topological polar surface area (TPSA) is 0 Å². The monoisotopic (exact) mass is 366 g/mol. The summed E-state index contributed by atoms with van der Waals surface area (Å²) in [5, 5.41) is 0. The Morgan fingerprint density at radius 2 is 1.11 bits per heavy atom. The van der Waals surface area contributed by atoms with Crippen molar-refractivity contribution in [3.63, 3.8) is 0 Å². The number of hydrogen-bond donors (Lipinski definition) is 0. The van der Waals surface area contributed by atoms with Gasteiger partial charge in [0, 0.05) is 8.95 Å². The van der Waals surface area contributed by atoms with Gasteiger partial charge >= 0.3 is 0 Å². The summed E-state index contributed by atoms with van der Waals surface area (Å²) in [5.74, 6) is 0. The molecule has 0 spiro atoms. The van der Waals surface area contributed by atoms with Crippen molar-refractivity contribution in [2.75, 3.05) is 0 Å². The highest BCUT2D eigenvalue weighted by atomic mass is 79.9. The fourth-order valence-electron chi connectivity index (χ4n) is 2.12. The highest BCUT2D eigenvalue weighted by Crippen LogP contribution is 2.23. The van der Waals surface area contributed by atoms with Gasteiger partial charge < -0.3 is 0 Å². The van der Waals surface area contributed by atoms with E-state index in [1.165, 1.54) is 31.2 Å². The van der Waals surface area contributed by atoms with Crippen LogP contribution in [-0.4, -0.2) is 0 Å². The highest BCUT2D eigenvalue weighted by Gasteiger charge is 2.05. The Bertz CT molecular complexity index is 508. The van der Waals surface area contributed by atoms with E-state index in [9.17, 15) is 0 Å². The molecule has 0 aliphatic carbocycles. The molecule has 0 saturated heterocycles. The van der Waals surface area contributed by atoms with Gasteiger partial charge in [-0.15, -0.1) is 0 Å². The summed E-state index contributed by atoms with van der Waals surface area (Å²) in [6.45, 7) is 4.35. The molecular weight excluding hydrogens is 352 g/mol. The van der Waals surface area contributed by atoms with Gasteiger partial charge in [0.25, 0.3) is 0 Å². The Labute approximate surface area is 126 Å². The van der Waals surface area contributed by atoms with Crippen LogP contribution in [0.5, 0.6) is 0 Å². The van der Waals surface area contributed by atoms with Crippen molar-refractivity contribution in [1.82, 2.24) is 0 Å². The molecule has 94 valence electrons. The Hall–Kier alpha value is -0.600. The minimum Gasteiger partial charge on any atom is -0.0609 e. The van der Waals surface area contributed by atoms with E-state index in [0.717, 1.165) is 12.8 Å². The maximum atomic E-state index is 3.59. The van der Waals surface area contributed by atoms with Gasteiger partial charge in [-0.3, -0.25) is 0 Å². The molecule has 0 saturated carbocycles. The molecule has 18 heavy (non-hydrogen) atoms. The molecule has 0 fully saturated rings. The number of hydrogen-bond acceptors (Lipinski definition) is 0. The quantitative estimate of drug-likeness (QED) is 0.660. The van der Waals surface area contributed by atoms with Gasteiger partial charge in [-0.2, -0.15) is 0 Å². The van der Waals surface area contributed by atoms with Crippen LogP contribution in [0.25, 0.3) is 0 Å². The van der Waals surface area contributed by atoms with E-state index < -0.39 is 0 Å². The Morgan fingerprint density at radius 1 is 0.722 bits per heavy atom. The predicted octanol–water partition coefficient (Wildman–Crippen LogP) is 5.61. The molecule has 0 aliphatic heterocycles. The zero-order chi connectivity index (χ0) is 13.1. The number of aryl methyl sites for hydroxylation is 2. The minimum atomic E-state index is 1.09. The summed E-state index contributed by atoms with van der Waals surface area (Å²) in [6.07, 6.45) is 2.17. The molecule has 0 bridgehead atoms. The lowest BCUT2D eigenvalue weighted by atomic mass is 9.98. The molecular formula is C16H16Br2. The second kappa shape index (κ2) is 6.03. The van der Waals surface area contributed by atoms with Crippen molar-refractivity contribution in [3.8, 4) is 0 Å². The first-order chi connectivity index (χ1) is 8.59. The van der Waals surface area contributed by atoms with Gasteiger partial charge in [0.05, 0.1) is 0 Å². The van der Waals surface area contributed by atoms with Crippen LogP contribution in [0, 0.1) is 13.8 Å². The van der Waals surface area contributed by atoms with E-state index in [4.69, 9.17) is 0 Å². The minimum absolute atomic E-state index is 1.09. The van der Waals surface area contributed by atoms with Crippen LogP contribution in [0.3, 0.4) is 0 Å². The van der Waals surface area contributed by atoms with Gasteiger partial charge in [-0.05, 0) is 61.1 Å². The molecule has 0 unspecified atom stereocenters. The van der Waals surface area contributed by atoms with Crippen LogP contribution in [-0.2, 0) is 12.8 Å². The molecule has 2 rings (SSSR count). The molecule has 0 heterocycles. The smallest absolute Gasteiger partial charge is 0.0207 e. The molecule has 0 N–H and O–H groups in total. The summed E-state index contributed by atoms with van der Waals surface area (Å²) in [5.41, 5.74) is 5.54. The molecule has 2 aromatic rings. The van der Waals surface area contributed by atoms with Crippen LogP contribution in [0.15, 0.2) is 45.3 Å². The molecule has 0 nitrogen and oxygen atoms in total. The van der Waals surface area contributed by atoms with Gasteiger partial charge in [-0.25, -0.2) is 0 Å². The van der Waals surface area contributed by atoms with Crippen molar-refractivity contribution in [2.45, 2.75) is 26.7 Å². The maximum Gasteiger partial charge on any atom is 0.0207 e. The molecule has 0 radical (unpaired) electrons. The molecule has 2 aromatic carbocycles. The van der Waals surface area contributed by atoms with E-state index in [2.05, 4.69) is 82.1 Å². The molecule has 0 aromatic heterocycles. The van der Waals surface area contributed by atoms with Gasteiger partial charge in [0.15, 0.2) is 0 Å². The summed E-state index contributed by atoms with van der Waals surface area (Å²) >= 11 is 7.18. The van der Waals surface area contributed by atoms with Gasteiger partial charge in [0.1, 0.15) is 0 Å². The number of halogens is 2. The number of rotatable bonds is 3. The lowest BCUT2D eigenvalue weighted by Crippen LogP contribution is -1.97. The second-order valence-corrected chi connectivity index (χ2v) is 6.26. The Kier molecular flexibility index (Phi) is 4.63. The van der Waals surface area contributed by atoms with Gasteiger partial charge in [-0.1, -0.05) is 56.1 Å². The van der Waals surface area contributed by atoms with Crippen molar-refractivity contribution < 1.29 is 0 Å². The lowest BCUT2D eigenvalue weighted by Gasteiger charge is -2.10. The molecule has 0 atom stereocenters. The van der Waals surface area contributed by atoms with E-state index in [0.29, 0.717) is 0 Å². The Balaban J connectivity index is 2.17. The summed E-state index contributed by atoms with van der Waals surface area (Å²) in [4.78, 5) is 0. The van der Waals surface area contributed by atoms with Crippen LogP contribution in [0.4, 0.5) is 0 Å². The largest absolute Gasteiger partial charge is 0.0609 e. The fourth-order valence-corrected chi connectivity index (χ4v) is 2.93. The molecule has 0 aliphatic rings. The van der Waals surface area contributed by atoms with Crippen LogP contribution in [0.1, 0.15) is 22.3 Å². The third kappa shape index (κ3) is 3.04. The van der Waals surface area contributed by atoms with Crippen molar-refractivity contribution in [3.05, 3.63) is 67.6 Å².